The maximum Gasteiger partial charge on any atom is 0.262 e. The zero-order chi connectivity index (χ0) is 11.9. The molecule has 0 saturated carbocycles. The molecule has 1 aromatic rings. The molecule has 0 aliphatic carbocycles. The Labute approximate surface area is 99.1 Å². The first-order valence-electron chi connectivity index (χ1n) is 5.54. The number of carbonyl (C=O) groups is 2. The summed E-state index contributed by atoms with van der Waals surface area (Å²) in [5, 5.41) is 0. The van der Waals surface area contributed by atoms with Crippen molar-refractivity contribution in [3.8, 4) is 0 Å². The molecule has 1 aliphatic heterocycles. The highest BCUT2D eigenvalue weighted by Crippen LogP contribution is 2.34. The number of nitrogens with zero attached hydrogens (tertiary/aromatic N) is 1. The summed E-state index contributed by atoms with van der Waals surface area (Å²) in [6, 6.07) is 0. The Kier molecular flexibility index (Phi) is 2.84. The summed E-state index contributed by atoms with van der Waals surface area (Å²) < 4.78 is 0. The standard InChI is InChI=1S/C12H15NO2S/c1-4-5-6-13-11(14)9-7(2)16-8(3)10(9)12(13)15/h4-6H2,1-3H3. The first kappa shape index (κ1) is 11.3. The second-order valence-electron chi connectivity index (χ2n) is 4.08. The van der Waals surface area contributed by atoms with Gasteiger partial charge in [0.05, 0.1) is 11.1 Å². The van der Waals surface area contributed by atoms with Crippen LogP contribution in [0.2, 0.25) is 0 Å². The summed E-state index contributed by atoms with van der Waals surface area (Å²) >= 11 is 1.54. The maximum atomic E-state index is 12.1. The third-order valence-electron chi connectivity index (χ3n) is 2.91. The van der Waals surface area contributed by atoms with Crippen molar-refractivity contribution in [2.24, 2.45) is 0 Å². The van der Waals surface area contributed by atoms with E-state index in [9.17, 15) is 9.59 Å². The minimum Gasteiger partial charge on any atom is -0.274 e. The van der Waals surface area contributed by atoms with Gasteiger partial charge in [-0.3, -0.25) is 14.5 Å². The predicted molar refractivity (Wildman–Crippen MR) is 64.1 cm³/mol. The normalized spacial score (nSPS) is 14.8. The van der Waals surface area contributed by atoms with Crippen molar-refractivity contribution in [3.63, 3.8) is 0 Å². The highest BCUT2D eigenvalue weighted by molar-refractivity contribution is 7.12. The average molecular weight is 237 g/mol. The monoisotopic (exact) mass is 237 g/mol. The van der Waals surface area contributed by atoms with Gasteiger partial charge in [-0.15, -0.1) is 11.3 Å². The topological polar surface area (TPSA) is 37.4 Å². The number of hydrogen-bond acceptors (Lipinski definition) is 3. The fraction of sp³-hybridized carbons (Fsp3) is 0.500. The summed E-state index contributed by atoms with van der Waals surface area (Å²) in [6.07, 6.45) is 1.87. The molecule has 2 heterocycles. The van der Waals surface area contributed by atoms with Crippen molar-refractivity contribution in [2.45, 2.75) is 33.6 Å². The van der Waals surface area contributed by atoms with Gasteiger partial charge in [0.2, 0.25) is 0 Å². The molecule has 16 heavy (non-hydrogen) atoms. The van der Waals surface area contributed by atoms with Crippen LogP contribution in [-0.2, 0) is 0 Å². The zero-order valence-corrected chi connectivity index (χ0v) is 10.6. The first-order valence-corrected chi connectivity index (χ1v) is 6.35. The van der Waals surface area contributed by atoms with Gasteiger partial charge >= 0.3 is 0 Å². The molecule has 0 bridgehead atoms. The fourth-order valence-corrected chi connectivity index (χ4v) is 3.12. The summed E-state index contributed by atoms with van der Waals surface area (Å²) in [4.78, 5) is 27.4. The quantitative estimate of drug-likeness (QED) is 0.758. The van der Waals surface area contributed by atoms with Gasteiger partial charge in [-0.05, 0) is 20.3 Å². The van der Waals surface area contributed by atoms with Gasteiger partial charge in [0.15, 0.2) is 0 Å². The third-order valence-corrected chi connectivity index (χ3v) is 3.93. The highest BCUT2D eigenvalue weighted by Gasteiger charge is 2.39. The van der Waals surface area contributed by atoms with E-state index in [1.165, 1.54) is 16.2 Å². The number of imide groups is 1. The molecule has 86 valence electrons. The smallest absolute Gasteiger partial charge is 0.262 e. The SMILES string of the molecule is CCCCN1C(=O)c2c(C)sc(C)c2C1=O. The number of unbranched alkanes of at least 4 members (excludes halogenated alkanes) is 1. The Hall–Kier alpha value is -1.16. The average Bonchev–Trinajstić information content (AvgIpc) is 2.65. The molecule has 0 N–H and O–H groups in total. The molecule has 0 fully saturated rings. The van der Waals surface area contributed by atoms with Crippen LogP contribution in [-0.4, -0.2) is 23.3 Å². The van der Waals surface area contributed by atoms with E-state index in [0.29, 0.717) is 17.7 Å². The van der Waals surface area contributed by atoms with E-state index in [-0.39, 0.29) is 11.8 Å². The van der Waals surface area contributed by atoms with Crippen LogP contribution in [0.4, 0.5) is 0 Å². The molecule has 0 unspecified atom stereocenters. The minimum atomic E-state index is -0.102. The van der Waals surface area contributed by atoms with E-state index < -0.39 is 0 Å². The Morgan fingerprint density at radius 1 is 1.06 bits per heavy atom. The summed E-state index contributed by atoms with van der Waals surface area (Å²) in [5.74, 6) is -0.203. The van der Waals surface area contributed by atoms with Crippen LogP contribution < -0.4 is 0 Å². The minimum absolute atomic E-state index is 0.102. The lowest BCUT2D eigenvalue weighted by atomic mass is 10.1. The van der Waals surface area contributed by atoms with Crippen LogP contribution in [0.1, 0.15) is 50.2 Å². The van der Waals surface area contributed by atoms with Crippen LogP contribution in [0.5, 0.6) is 0 Å². The van der Waals surface area contributed by atoms with E-state index in [2.05, 4.69) is 6.92 Å². The summed E-state index contributed by atoms with van der Waals surface area (Å²) in [6.45, 7) is 6.42. The summed E-state index contributed by atoms with van der Waals surface area (Å²) in [5.41, 5.74) is 1.28. The molecule has 2 rings (SSSR count). The van der Waals surface area contributed by atoms with Crippen molar-refractivity contribution in [2.75, 3.05) is 6.54 Å². The van der Waals surface area contributed by atoms with Gasteiger partial charge < -0.3 is 0 Å². The molecule has 1 aliphatic rings. The highest BCUT2D eigenvalue weighted by atomic mass is 32.1. The lowest BCUT2D eigenvalue weighted by Gasteiger charge is -2.13. The van der Waals surface area contributed by atoms with Crippen molar-refractivity contribution >= 4 is 23.2 Å². The lowest BCUT2D eigenvalue weighted by Crippen LogP contribution is -2.31. The molecule has 0 saturated heterocycles. The molecule has 4 heteroatoms. The number of thiophene rings is 1. The van der Waals surface area contributed by atoms with Gasteiger partial charge in [-0.2, -0.15) is 0 Å². The van der Waals surface area contributed by atoms with E-state index >= 15 is 0 Å². The fourth-order valence-electron chi connectivity index (χ4n) is 2.08. The Balaban J connectivity index is 2.37. The number of amides is 2. The van der Waals surface area contributed by atoms with E-state index in [4.69, 9.17) is 0 Å². The molecule has 2 amide bonds. The van der Waals surface area contributed by atoms with E-state index in [0.717, 1.165) is 22.6 Å². The van der Waals surface area contributed by atoms with Crippen LogP contribution in [0.3, 0.4) is 0 Å². The van der Waals surface area contributed by atoms with Crippen molar-refractivity contribution in [1.82, 2.24) is 4.90 Å². The molecule has 0 radical (unpaired) electrons. The van der Waals surface area contributed by atoms with Crippen LogP contribution >= 0.6 is 11.3 Å². The number of rotatable bonds is 3. The van der Waals surface area contributed by atoms with Crippen molar-refractivity contribution in [1.29, 1.82) is 0 Å². The Bertz CT molecular complexity index is 425. The van der Waals surface area contributed by atoms with Gasteiger partial charge in [0.1, 0.15) is 0 Å². The molecule has 1 aromatic heterocycles. The molecular weight excluding hydrogens is 222 g/mol. The molecule has 0 aromatic carbocycles. The second-order valence-corrected chi connectivity index (χ2v) is 5.51. The van der Waals surface area contributed by atoms with Crippen molar-refractivity contribution in [3.05, 3.63) is 20.9 Å². The largest absolute Gasteiger partial charge is 0.274 e. The Morgan fingerprint density at radius 3 is 2.00 bits per heavy atom. The second kappa shape index (κ2) is 4.01. The van der Waals surface area contributed by atoms with Gasteiger partial charge in [-0.25, -0.2) is 0 Å². The van der Waals surface area contributed by atoms with Crippen LogP contribution in [0.25, 0.3) is 0 Å². The first-order chi connectivity index (χ1) is 7.57. The van der Waals surface area contributed by atoms with E-state index in [1.54, 1.807) is 0 Å². The molecular formula is C12H15NO2S. The number of aryl methyl sites for hydroxylation is 2. The molecule has 3 nitrogen and oxygen atoms in total. The third kappa shape index (κ3) is 1.48. The zero-order valence-electron chi connectivity index (χ0n) is 9.79. The van der Waals surface area contributed by atoms with Gasteiger partial charge in [0.25, 0.3) is 11.8 Å². The summed E-state index contributed by atoms with van der Waals surface area (Å²) in [7, 11) is 0. The lowest BCUT2D eigenvalue weighted by molar-refractivity contribution is 0.0652. The van der Waals surface area contributed by atoms with Crippen LogP contribution in [0, 0.1) is 13.8 Å². The number of fused-ring (bicyclic) bond motifs is 1. The van der Waals surface area contributed by atoms with Crippen LogP contribution in [0.15, 0.2) is 0 Å². The maximum absolute atomic E-state index is 12.1. The van der Waals surface area contributed by atoms with E-state index in [1.807, 2.05) is 13.8 Å². The van der Waals surface area contributed by atoms with Gasteiger partial charge in [0, 0.05) is 16.3 Å². The number of carbonyl (C=O) groups excluding carboxylic acids is 2. The predicted octanol–water partition coefficient (Wildman–Crippen LogP) is 2.76. The number of hydrogen-bond donors (Lipinski definition) is 0. The van der Waals surface area contributed by atoms with Crippen molar-refractivity contribution < 1.29 is 9.59 Å². The van der Waals surface area contributed by atoms with Gasteiger partial charge in [-0.1, -0.05) is 13.3 Å². The molecule has 0 spiro atoms. The Morgan fingerprint density at radius 2 is 1.56 bits per heavy atom. The molecule has 0 atom stereocenters.